The van der Waals surface area contributed by atoms with Gasteiger partial charge in [-0.15, -0.1) is 0 Å². The molecule has 0 radical (unpaired) electrons. The van der Waals surface area contributed by atoms with Gasteiger partial charge in [0.1, 0.15) is 5.82 Å². The number of benzene rings is 1. The fourth-order valence-electron chi connectivity index (χ4n) is 2.95. The number of carbonyl (C=O) groups is 2. The number of aromatic carboxylic acids is 1. The van der Waals surface area contributed by atoms with Gasteiger partial charge in [-0.05, 0) is 41.7 Å². The molecule has 0 spiro atoms. The number of hydrogen-bond donors (Lipinski definition) is 1. The van der Waals surface area contributed by atoms with Crippen LogP contribution in [0.3, 0.4) is 0 Å². The maximum atomic E-state index is 12.9. The Morgan fingerprint density at radius 1 is 1.21 bits per heavy atom. The average molecular weight is 328 g/mol. The fourth-order valence-corrected chi connectivity index (χ4v) is 2.95. The van der Waals surface area contributed by atoms with Crippen molar-refractivity contribution in [3.63, 3.8) is 0 Å². The predicted octanol–water partition coefficient (Wildman–Crippen LogP) is 2.44. The van der Waals surface area contributed by atoms with E-state index in [0.717, 1.165) is 16.7 Å². The van der Waals surface area contributed by atoms with E-state index in [1.165, 1.54) is 18.3 Å². The molecule has 24 heavy (non-hydrogen) atoms. The van der Waals surface area contributed by atoms with Gasteiger partial charge in [0, 0.05) is 31.9 Å². The lowest BCUT2D eigenvalue weighted by Crippen LogP contribution is -2.36. The van der Waals surface area contributed by atoms with E-state index in [2.05, 4.69) is 4.98 Å². The van der Waals surface area contributed by atoms with Gasteiger partial charge in [-0.3, -0.25) is 9.78 Å². The van der Waals surface area contributed by atoms with Gasteiger partial charge in [0.15, 0.2) is 0 Å². The molecular formula is C18H17FN2O3. The van der Waals surface area contributed by atoms with Gasteiger partial charge in [0.2, 0.25) is 5.91 Å². The molecule has 1 aromatic carbocycles. The van der Waals surface area contributed by atoms with Gasteiger partial charge >= 0.3 is 5.97 Å². The van der Waals surface area contributed by atoms with Crippen molar-refractivity contribution in [2.45, 2.75) is 25.8 Å². The molecule has 0 unspecified atom stereocenters. The molecule has 0 fully saturated rings. The number of aryl methyl sites for hydroxylation is 1. The van der Waals surface area contributed by atoms with Crippen LogP contribution in [0.1, 0.15) is 33.5 Å². The fraction of sp³-hybridized carbons (Fsp3) is 0.278. The molecule has 3 rings (SSSR count). The van der Waals surface area contributed by atoms with Crippen LogP contribution in [0.5, 0.6) is 0 Å². The van der Waals surface area contributed by atoms with Gasteiger partial charge in [-0.1, -0.05) is 12.1 Å². The second kappa shape index (κ2) is 6.78. The summed E-state index contributed by atoms with van der Waals surface area (Å²) in [4.78, 5) is 29.3. The molecule has 1 amide bonds. The zero-order chi connectivity index (χ0) is 17.1. The number of hydrogen-bond acceptors (Lipinski definition) is 3. The molecule has 0 atom stereocenters. The number of pyridine rings is 1. The molecule has 1 aliphatic heterocycles. The van der Waals surface area contributed by atoms with Gasteiger partial charge in [0.25, 0.3) is 0 Å². The van der Waals surface area contributed by atoms with Crippen molar-refractivity contribution in [1.82, 2.24) is 9.88 Å². The van der Waals surface area contributed by atoms with E-state index in [-0.39, 0.29) is 17.3 Å². The maximum Gasteiger partial charge on any atom is 0.337 e. The number of carboxylic acid groups (broad SMARTS) is 1. The minimum absolute atomic E-state index is 0.00528. The van der Waals surface area contributed by atoms with Crippen LogP contribution in [0.15, 0.2) is 36.7 Å². The molecule has 1 aliphatic rings. The summed E-state index contributed by atoms with van der Waals surface area (Å²) in [6.45, 7) is 0.880. The van der Waals surface area contributed by atoms with Gasteiger partial charge in [-0.2, -0.15) is 0 Å². The van der Waals surface area contributed by atoms with Crippen molar-refractivity contribution in [3.05, 3.63) is 64.7 Å². The van der Waals surface area contributed by atoms with Crippen LogP contribution in [0, 0.1) is 5.82 Å². The Balaban J connectivity index is 1.64. The summed E-state index contributed by atoms with van der Waals surface area (Å²) in [7, 11) is 0. The summed E-state index contributed by atoms with van der Waals surface area (Å²) < 4.78 is 12.9. The van der Waals surface area contributed by atoms with Crippen LogP contribution >= 0.6 is 0 Å². The minimum Gasteiger partial charge on any atom is -0.478 e. The predicted molar refractivity (Wildman–Crippen MR) is 85.0 cm³/mol. The van der Waals surface area contributed by atoms with Crippen molar-refractivity contribution < 1.29 is 19.1 Å². The number of rotatable bonds is 4. The van der Waals surface area contributed by atoms with Crippen molar-refractivity contribution in [2.75, 3.05) is 6.54 Å². The zero-order valence-corrected chi connectivity index (χ0v) is 13.0. The van der Waals surface area contributed by atoms with E-state index in [0.29, 0.717) is 32.4 Å². The maximum absolute atomic E-state index is 12.9. The monoisotopic (exact) mass is 328 g/mol. The van der Waals surface area contributed by atoms with Gasteiger partial charge in [0.05, 0.1) is 5.56 Å². The first-order chi connectivity index (χ1) is 11.5. The van der Waals surface area contributed by atoms with E-state index in [1.807, 2.05) is 0 Å². The highest BCUT2D eigenvalue weighted by Crippen LogP contribution is 2.22. The molecule has 1 N–H and O–H groups in total. The number of aromatic nitrogens is 1. The lowest BCUT2D eigenvalue weighted by Gasteiger charge is -2.29. The molecule has 0 saturated carbocycles. The van der Waals surface area contributed by atoms with Crippen LogP contribution in [0.25, 0.3) is 0 Å². The Bertz CT molecular complexity index is 774. The summed E-state index contributed by atoms with van der Waals surface area (Å²) in [5, 5.41) is 9.20. The second-order valence-electron chi connectivity index (χ2n) is 5.82. The summed E-state index contributed by atoms with van der Waals surface area (Å²) in [5.41, 5.74) is 2.68. The van der Waals surface area contributed by atoms with Crippen molar-refractivity contribution in [2.24, 2.45) is 0 Å². The third-order valence-corrected chi connectivity index (χ3v) is 4.26. The molecule has 6 heteroatoms. The molecule has 2 aromatic rings. The number of fused-ring (bicyclic) bond motifs is 1. The molecule has 2 heterocycles. The van der Waals surface area contributed by atoms with E-state index >= 15 is 0 Å². The topological polar surface area (TPSA) is 70.5 Å². The highest BCUT2D eigenvalue weighted by molar-refractivity contribution is 5.89. The molecule has 0 bridgehead atoms. The number of carbonyl (C=O) groups excluding carboxylic acids is 1. The Morgan fingerprint density at radius 2 is 1.96 bits per heavy atom. The number of halogens is 1. The Kier molecular flexibility index (Phi) is 4.55. The minimum atomic E-state index is -0.990. The van der Waals surface area contributed by atoms with Crippen LogP contribution in [-0.4, -0.2) is 33.4 Å². The Morgan fingerprint density at radius 3 is 2.67 bits per heavy atom. The summed E-state index contributed by atoms with van der Waals surface area (Å²) in [6.07, 6.45) is 4.39. The largest absolute Gasteiger partial charge is 0.478 e. The van der Waals surface area contributed by atoms with Crippen LogP contribution < -0.4 is 0 Å². The molecule has 124 valence electrons. The van der Waals surface area contributed by atoms with Crippen molar-refractivity contribution >= 4 is 11.9 Å². The highest BCUT2D eigenvalue weighted by Gasteiger charge is 2.24. The standard InChI is InChI=1S/C18H17FN2O3/c19-14-4-1-12(2-5-14)3-6-17(22)21-8-7-15-13(11-21)9-20-10-16(15)18(23)24/h1-2,4-5,9-10H,3,6-8,11H2,(H,23,24). The summed E-state index contributed by atoms with van der Waals surface area (Å²) in [5.74, 6) is -1.28. The van der Waals surface area contributed by atoms with Gasteiger partial charge < -0.3 is 10.0 Å². The normalized spacial score (nSPS) is 13.5. The molecular weight excluding hydrogens is 311 g/mol. The third-order valence-electron chi connectivity index (χ3n) is 4.26. The smallest absolute Gasteiger partial charge is 0.337 e. The Labute approximate surface area is 138 Å². The quantitative estimate of drug-likeness (QED) is 0.936. The molecule has 0 saturated heterocycles. The Hall–Kier alpha value is -2.76. The zero-order valence-electron chi connectivity index (χ0n) is 13.0. The number of nitrogens with zero attached hydrogens (tertiary/aromatic N) is 2. The van der Waals surface area contributed by atoms with Crippen molar-refractivity contribution in [3.8, 4) is 0 Å². The van der Waals surface area contributed by atoms with Crippen molar-refractivity contribution in [1.29, 1.82) is 0 Å². The first-order valence-corrected chi connectivity index (χ1v) is 7.76. The molecule has 0 aliphatic carbocycles. The molecule has 5 nitrogen and oxygen atoms in total. The first kappa shape index (κ1) is 16.1. The van der Waals surface area contributed by atoms with E-state index in [9.17, 15) is 19.1 Å². The SMILES string of the molecule is O=C(O)c1cncc2c1CCN(C(=O)CCc1ccc(F)cc1)C2. The second-order valence-corrected chi connectivity index (χ2v) is 5.82. The average Bonchev–Trinajstić information content (AvgIpc) is 2.59. The molecule has 1 aromatic heterocycles. The number of amides is 1. The van der Waals surface area contributed by atoms with Crippen LogP contribution in [0.4, 0.5) is 4.39 Å². The van der Waals surface area contributed by atoms with E-state index in [4.69, 9.17) is 0 Å². The van der Waals surface area contributed by atoms with Crippen LogP contribution in [-0.2, 0) is 24.2 Å². The summed E-state index contributed by atoms with van der Waals surface area (Å²) >= 11 is 0. The van der Waals surface area contributed by atoms with Gasteiger partial charge in [-0.25, -0.2) is 9.18 Å². The number of carboxylic acids is 1. The lowest BCUT2D eigenvalue weighted by atomic mass is 9.96. The first-order valence-electron chi connectivity index (χ1n) is 7.76. The summed E-state index contributed by atoms with van der Waals surface area (Å²) in [6, 6.07) is 6.13. The van der Waals surface area contributed by atoms with Crippen LogP contribution in [0.2, 0.25) is 0 Å². The van der Waals surface area contributed by atoms with E-state index < -0.39 is 5.97 Å². The third kappa shape index (κ3) is 3.42. The van der Waals surface area contributed by atoms with E-state index in [1.54, 1.807) is 23.2 Å². The highest BCUT2D eigenvalue weighted by atomic mass is 19.1. The lowest BCUT2D eigenvalue weighted by molar-refractivity contribution is -0.132.